The first-order chi connectivity index (χ1) is 17.6. The van der Waals surface area contributed by atoms with E-state index in [1.54, 1.807) is 23.5 Å². The van der Waals surface area contributed by atoms with Crippen molar-refractivity contribution >= 4 is 33.9 Å². The lowest BCUT2D eigenvalue weighted by molar-refractivity contribution is 0.0721. The number of nitrogens with zero attached hydrogens (tertiary/aromatic N) is 2. The fraction of sp³-hybridized carbons (Fsp3) is 0.276. The van der Waals surface area contributed by atoms with Crippen molar-refractivity contribution in [2.75, 3.05) is 13.1 Å². The van der Waals surface area contributed by atoms with Gasteiger partial charge in [-0.15, -0.1) is 11.3 Å². The fourth-order valence-corrected chi connectivity index (χ4v) is 6.20. The van der Waals surface area contributed by atoms with Crippen molar-refractivity contribution in [3.8, 4) is 10.4 Å². The first-order valence-electron chi connectivity index (χ1n) is 12.4. The summed E-state index contributed by atoms with van der Waals surface area (Å²) in [4.78, 5) is 34.2. The van der Waals surface area contributed by atoms with Crippen LogP contribution in [0.15, 0.2) is 66.7 Å². The number of rotatable bonds is 6. The Bertz CT molecular complexity index is 1440. The molecule has 7 heteroatoms. The predicted octanol–water partition coefficient (Wildman–Crippen LogP) is 6.01. The van der Waals surface area contributed by atoms with Crippen LogP contribution in [0, 0.1) is 5.82 Å². The van der Waals surface area contributed by atoms with E-state index in [2.05, 4.69) is 5.32 Å². The van der Waals surface area contributed by atoms with Crippen LogP contribution >= 0.6 is 11.3 Å². The number of benzene rings is 3. The van der Waals surface area contributed by atoms with Gasteiger partial charge < -0.3 is 10.2 Å². The van der Waals surface area contributed by atoms with Crippen molar-refractivity contribution < 1.29 is 14.0 Å². The highest BCUT2D eigenvalue weighted by Gasteiger charge is 2.35. The Morgan fingerprint density at radius 1 is 1.00 bits per heavy atom. The van der Waals surface area contributed by atoms with E-state index in [4.69, 9.17) is 4.98 Å². The summed E-state index contributed by atoms with van der Waals surface area (Å²) >= 11 is 1.54. The minimum absolute atomic E-state index is 0.0939. The van der Waals surface area contributed by atoms with Gasteiger partial charge in [-0.1, -0.05) is 48.5 Å². The first-order valence-corrected chi connectivity index (χ1v) is 13.2. The maximum Gasteiger partial charge on any atom is 0.274 e. The largest absolute Gasteiger partial charge is 0.350 e. The number of aromatic nitrogens is 1. The molecule has 2 amide bonds. The van der Waals surface area contributed by atoms with Crippen LogP contribution in [-0.2, 0) is 0 Å². The lowest BCUT2D eigenvalue weighted by Gasteiger charge is -2.25. The Kier molecular flexibility index (Phi) is 6.01. The van der Waals surface area contributed by atoms with Crippen molar-refractivity contribution in [1.82, 2.24) is 15.2 Å². The molecule has 0 radical (unpaired) electrons. The topological polar surface area (TPSA) is 62.3 Å². The second-order valence-corrected chi connectivity index (χ2v) is 10.6. The molecule has 36 heavy (non-hydrogen) atoms. The second kappa shape index (κ2) is 9.47. The Labute approximate surface area is 213 Å². The molecule has 1 aliphatic carbocycles. The van der Waals surface area contributed by atoms with E-state index in [-0.39, 0.29) is 23.7 Å². The third-order valence-electron chi connectivity index (χ3n) is 7.05. The molecule has 0 spiro atoms. The second-order valence-electron chi connectivity index (χ2n) is 9.54. The van der Waals surface area contributed by atoms with Crippen LogP contribution < -0.4 is 5.32 Å². The number of hydrogen-bond acceptors (Lipinski definition) is 4. The van der Waals surface area contributed by atoms with Gasteiger partial charge in [0.1, 0.15) is 11.5 Å². The monoisotopic (exact) mass is 499 g/mol. The number of hydrogen-bond donors (Lipinski definition) is 1. The molecule has 1 saturated heterocycles. The van der Waals surface area contributed by atoms with Gasteiger partial charge in [-0.25, -0.2) is 9.37 Å². The lowest BCUT2D eigenvalue weighted by atomic mass is 10.0. The molecule has 182 valence electrons. The number of carbonyl (C=O) groups excluding carboxylic acids is 2. The standard InChI is InChI=1S/C29H26FN3O2S/c30-21-14-12-19(13-15-21)26-25(32-28(36-26)20-10-11-20)29(35)33-16-4-7-22(33)17-31-27(34)24-9-3-6-18-5-1-2-8-23(18)24/h1-3,5-6,8-9,12-15,20,22H,4,7,10-11,16-17H2,(H,31,34). The van der Waals surface area contributed by atoms with E-state index >= 15 is 0 Å². The summed E-state index contributed by atoms with van der Waals surface area (Å²) in [6.45, 7) is 1.02. The highest BCUT2D eigenvalue weighted by Crippen LogP contribution is 2.45. The van der Waals surface area contributed by atoms with Gasteiger partial charge in [-0.05, 0) is 60.2 Å². The molecule has 1 aliphatic heterocycles. The van der Waals surface area contributed by atoms with Gasteiger partial charge in [-0.3, -0.25) is 9.59 Å². The smallest absolute Gasteiger partial charge is 0.274 e. The normalized spacial score (nSPS) is 17.5. The number of carbonyl (C=O) groups is 2. The van der Waals surface area contributed by atoms with Crippen LogP contribution in [0.2, 0.25) is 0 Å². The van der Waals surface area contributed by atoms with Crippen molar-refractivity contribution in [2.45, 2.75) is 37.6 Å². The van der Waals surface area contributed by atoms with E-state index in [9.17, 15) is 14.0 Å². The lowest BCUT2D eigenvalue weighted by Crippen LogP contribution is -2.43. The van der Waals surface area contributed by atoms with E-state index in [0.717, 1.165) is 51.9 Å². The van der Waals surface area contributed by atoms with Crippen LogP contribution in [0.4, 0.5) is 4.39 Å². The van der Waals surface area contributed by atoms with Crippen molar-refractivity contribution in [3.05, 3.63) is 88.8 Å². The zero-order valence-corrected chi connectivity index (χ0v) is 20.6. The molecule has 2 fully saturated rings. The van der Waals surface area contributed by atoms with Crippen molar-refractivity contribution in [1.29, 1.82) is 0 Å². The molecular weight excluding hydrogens is 473 g/mol. The maximum atomic E-state index is 13.7. The van der Waals surface area contributed by atoms with Gasteiger partial charge in [0.25, 0.3) is 11.8 Å². The van der Waals surface area contributed by atoms with Gasteiger partial charge >= 0.3 is 0 Å². The molecule has 1 saturated carbocycles. The first kappa shape index (κ1) is 22.9. The third-order valence-corrected chi connectivity index (χ3v) is 8.32. The number of fused-ring (bicyclic) bond motifs is 1. The van der Waals surface area contributed by atoms with E-state index < -0.39 is 0 Å². The molecule has 4 aromatic rings. The van der Waals surface area contributed by atoms with Crippen molar-refractivity contribution in [2.24, 2.45) is 0 Å². The summed E-state index contributed by atoms with van der Waals surface area (Å²) in [6.07, 6.45) is 3.90. The highest BCUT2D eigenvalue weighted by atomic mass is 32.1. The van der Waals surface area contributed by atoms with E-state index in [1.165, 1.54) is 12.1 Å². The van der Waals surface area contributed by atoms with Crippen LogP contribution in [0.25, 0.3) is 21.2 Å². The van der Waals surface area contributed by atoms with E-state index in [1.807, 2.05) is 47.4 Å². The molecule has 1 aromatic heterocycles. The Morgan fingerprint density at radius 2 is 1.78 bits per heavy atom. The Morgan fingerprint density at radius 3 is 2.58 bits per heavy atom. The van der Waals surface area contributed by atoms with Crippen LogP contribution in [0.5, 0.6) is 0 Å². The quantitative estimate of drug-likeness (QED) is 0.353. The molecule has 1 N–H and O–H groups in total. The highest BCUT2D eigenvalue weighted by molar-refractivity contribution is 7.15. The molecule has 2 heterocycles. The predicted molar refractivity (Wildman–Crippen MR) is 140 cm³/mol. The number of likely N-dealkylation sites (tertiary alicyclic amines) is 1. The van der Waals surface area contributed by atoms with Crippen LogP contribution in [0.1, 0.15) is 57.5 Å². The molecule has 3 aromatic carbocycles. The number of thiazole rings is 1. The molecule has 0 bridgehead atoms. The molecule has 2 aliphatic rings. The Hall–Kier alpha value is -3.58. The third kappa shape index (κ3) is 4.39. The summed E-state index contributed by atoms with van der Waals surface area (Å²) in [7, 11) is 0. The fourth-order valence-electron chi connectivity index (χ4n) is 4.96. The van der Waals surface area contributed by atoms with Gasteiger partial charge in [0, 0.05) is 30.6 Å². The molecule has 1 unspecified atom stereocenters. The van der Waals surface area contributed by atoms with Crippen LogP contribution in [-0.4, -0.2) is 40.8 Å². The summed E-state index contributed by atoms with van der Waals surface area (Å²) in [5.41, 5.74) is 1.89. The minimum atomic E-state index is -0.305. The molecule has 6 rings (SSSR count). The summed E-state index contributed by atoms with van der Waals surface area (Å²) in [5, 5.41) is 5.98. The van der Waals surface area contributed by atoms with Gasteiger partial charge in [0.15, 0.2) is 0 Å². The van der Waals surface area contributed by atoms with Crippen molar-refractivity contribution in [3.63, 3.8) is 0 Å². The SMILES string of the molecule is O=C(NCC1CCCN1C(=O)c1nc(C2CC2)sc1-c1ccc(F)cc1)c1cccc2ccccc12. The Balaban J connectivity index is 1.22. The molecule has 1 atom stereocenters. The summed E-state index contributed by atoms with van der Waals surface area (Å²) < 4.78 is 13.5. The number of amides is 2. The molecule has 5 nitrogen and oxygen atoms in total. The number of halogens is 1. The van der Waals surface area contributed by atoms with E-state index in [0.29, 0.717) is 30.3 Å². The number of nitrogens with one attached hydrogen (secondary N) is 1. The maximum absolute atomic E-state index is 13.7. The zero-order chi connectivity index (χ0) is 24.6. The summed E-state index contributed by atoms with van der Waals surface area (Å²) in [6, 6.07) is 19.7. The minimum Gasteiger partial charge on any atom is -0.350 e. The van der Waals surface area contributed by atoms with Gasteiger partial charge in [0.2, 0.25) is 0 Å². The summed E-state index contributed by atoms with van der Waals surface area (Å²) in [5.74, 6) is -0.132. The van der Waals surface area contributed by atoms with Gasteiger partial charge in [-0.2, -0.15) is 0 Å². The van der Waals surface area contributed by atoms with Gasteiger partial charge in [0.05, 0.1) is 9.88 Å². The zero-order valence-electron chi connectivity index (χ0n) is 19.7. The average molecular weight is 500 g/mol. The average Bonchev–Trinajstić information content (AvgIpc) is 3.48. The van der Waals surface area contributed by atoms with Crippen LogP contribution in [0.3, 0.4) is 0 Å². The molecular formula is C29H26FN3O2S.